The number of hydrogen-bond donors (Lipinski definition) is 2. The number of carbonyl (C=O) groups is 1. The van der Waals surface area contributed by atoms with Crippen LogP contribution in [0.5, 0.6) is 0 Å². The molecule has 0 amide bonds. The molecule has 10 nitrogen and oxygen atoms in total. The van der Waals surface area contributed by atoms with Crippen molar-refractivity contribution >= 4 is 50.7 Å². The molecule has 0 radical (unpaired) electrons. The van der Waals surface area contributed by atoms with Crippen LogP contribution >= 0.6 is 11.3 Å². The Bertz CT molecular complexity index is 1240. The molecule has 4 rings (SSSR count). The molecule has 3 N–H and O–H groups in total. The minimum atomic E-state index is -0.588. The number of para-hydroxylation sites is 1. The summed E-state index contributed by atoms with van der Waals surface area (Å²) in [4.78, 5) is 35.3. The number of nitro benzene ring substituents is 1. The lowest BCUT2D eigenvalue weighted by Crippen LogP contribution is -2.10. The number of nitrogens with zero attached hydrogens (tertiary/aromatic N) is 4. The highest BCUT2D eigenvalue weighted by atomic mass is 32.1. The first-order valence-corrected chi connectivity index (χ1v) is 9.47. The number of fused-ring (bicyclic) bond motifs is 1. The second kappa shape index (κ2) is 8.09. The fraction of sp³-hybridized carbons (Fsp3) is 0.0526. The zero-order valence-corrected chi connectivity index (χ0v) is 16.1. The van der Waals surface area contributed by atoms with Crippen LogP contribution in [0.1, 0.15) is 15.5 Å². The molecular weight excluding hydrogens is 408 g/mol. The maximum Gasteiger partial charge on any atom is 0.348 e. The molecule has 0 aliphatic carbocycles. The zero-order valence-electron chi connectivity index (χ0n) is 15.3. The van der Waals surface area contributed by atoms with Gasteiger partial charge in [0.1, 0.15) is 4.88 Å². The quantitative estimate of drug-likeness (QED) is 0.270. The smallest absolute Gasteiger partial charge is 0.348 e. The van der Waals surface area contributed by atoms with Gasteiger partial charge in [-0.25, -0.2) is 4.79 Å². The lowest BCUT2D eigenvalue weighted by atomic mass is 10.2. The Morgan fingerprint density at radius 3 is 2.70 bits per heavy atom. The Morgan fingerprint density at radius 2 is 1.93 bits per heavy atom. The number of benzene rings is 2. The van der Waals surface area contributed by atoms with Crippen molar-refractivity contribution < 1.29 is 14.5 Å². The van der Waals surface area contributed by atoms with Crippen molar-refractivity contribution in [1.29, 1.82) is 0 Å². The van der Waals surface area contributed by atoms with Crippen molar-refractivity contribution in [3.05, 3.63) is 75.4 Å². The molecule has 2 aromatic carbocycles. The number of esters is 1. The fourth-order valence-corrected chi connectivity index (χ4v) is 3.59. The number of thiophene rings is 1. The molecule has 0 saturated heterocycles. The monoisotopic (exact) mass is 422 g/mol. The van der Waals surface area contributed by atoms with Gasteiger partial charge in [-0.15, -0.1) is 11.3 Å². The van der Waals surface area contributed by atoms with Crippen molar-refractivity contribution in [2.24, 2.45) is 0 Å². The minimum absolute atomic E-state index is 0.0105. The number of nitrogen functional groups attached to an aromatic ring is 1. The Kier molecular flexibility index (Phi) is 5.18. The van der Waals surface area contributed by atoms with Crippen molar-refractivity contribution in [1.82, 2.24) is 15.0 Å². The number of non-ortho nitro benzene ring substituents is 1. The maximum absolute atomic E-state index is 12.4. The van der Waals surface area contributed by atoms with Crippen molar-refractivity contribution in [3.8, 4) is 0 Å². The molecular formula is C19H14N6O4S. The van der Waals surface area contributed by atoms with Gasteiger partial charge in [0.05, 0.1) is 4.92 Å². The normalized spacial score (nSPS) is 10.7. The Morgan fingerprint density at radius 1 is 1.13 bits per heavy atom. The van der Waals surface area contributed by atoms with Crippen LogP contribution in [0.25, 0.3) is 10.1 Å². The van der Waals surface area contributed by atoms with Gasteiger partial charge in [0.25, 0.3) is 5.69 Å². The molecule has 30 heavy (non-hydrogen) atoms. The van der Waals surface area contributed by atoms with Gasteiger partial charge in [-0.1, -0.05) is 18.2 Å². The van der Waals surface area contributed by atoms with Crippen LogP contribution in [0.4, 0.5) is 23.3 Å². The molecule has 4 aromatic rings. The van der Waals surface area contributed by atoms with E-state index in [4.69, 9.17) is 10.5 Å². The maximum atomic E-state index is 12.4. The molecule has 0 saturated carbocycles. The van der Waals surface area contributed by atoms with E-state index < -0.39 is 10.9 Å². The molecule has 0 atom stereocenters. The first-order valence-electron chi connectivity index (χ1n) is 8.65. The predicted octanol–water partition coefficient (Wildman–Crippen LogP) is 3.68. The zero-order chi connectivity index (χ0) is 21.1. The van der Waals surface area contributed by atoms with E-state index >= 15 is 0 Å². The van der Waals surface area contributed by atoms with Crippen LogP contribution in [-0.4, -0.2) is 25.8 Å². The number of anilines is 3. The molecule has 0 fully saturated rings. The summed E-state index contributed by atoms with van der Waals surface area (Å²) < 4.78 is 6.03. The Hall–Kier alpha value is -4.12. The second-order valence-corrected chi connectivity index (χ2v) is 7.17. The van der Waals surface area contributed by atoms with Gasteiger partial charge < -0.3 is 15.8 Å². The van der Waals surface area contributed by atoms with E-state index in [2.05, 4.69) is 20.3 Å². The number of hydrogen-bond acceptors (Lipinski definition) is 10. The highest BCUT2D eigenvalue weighted by Gasteiger charge is 2.15. The van der Waals surface area contributed by atoms with Crippen molar-refractivity contribution in [2.45, 2.75) is 6.61 Å². The third kappa shape index (κ3) is 4.31. The molecule has 0 aliphatic heterocycles. The number of aromatic nitrogens is 3. The van der Waals surface area contributed by atoms with Crippen LogP contribution in [0, 0.1) is 10.1 Å². The SMILES string of the molecule is Nc1nc(COC(=O)c2cc3cc([N+](=O)[O-])ccc3s2)nc(Nc2ccccc2)n1. The predicted molar refractivity (Wildman–Crippen MR) is 112 cm³/mol. The molecule has 0 spiro atoms. The molecule has 2 aromatic heterocycles. The molecule has 150 valence electrons. The fourth-order valence-electron chi connectivity index (χ4n) is 2.66. The highest BCUT2D eigenvalue weighted by molar-refractivity contribution is 7.20. The molecule has 0 unspecified atom stereocenters. The first-order chi connectivity index (χ1) is 14.5. The van der Waals surface area contributed by atoms with E-state index in [1.807, 2.05) is 30.3 Å². The van der Waals surface area contributed by atoms with E-state index in [-0.39, 0.29) is 30.0 Å². The van der Waals surface area contributed by atoms with E-state index in [9.17, 15) is 14.9 Å². The van der Waals surface area contributed by atoms with Crippen LogP contribution in [0.2, 0.25) is 0 Å². The van der Waals surface area contributed by atoms with Gasteiger partial charge in [0.2, 0.25) is 11.9 Å². The van der Waals surface area contributed by atoms with Crippen LogP contribution in [0.15, 0.2) is 54.6 Å². The van der Waals surface area contributed by atoms with E-state index in [0.717, 1.165) is 10.4 Å². The Balaban J connectivity index is 1.47. The number of nitrogens with two attached hydrogens (primary N) is 1. The average molecular weight is 422 g/mol. The van der Waals surface area contributed by atoms with Gasteiger partial charge in [-0.3, -0.25) is 10.1 Å². The summed E-state index contributed by atoms with van der Waals surface area (Å²) in [6, 6.07) is 15.2. The topological polar surface area (TPSA) is 146 Å². The average Bonchev–Trinajstić information content (AvgIpc) is 3.16. The third-order valence-electron chi connectivity index (χ3n) is 3.97. The summed E-state index contributed by atoms with van der Waals surface area (Å²) >= 11 is 1.18. The number of rotatable bonds is 6. The lowest BCUT2D eigenvalue weighted by molar-refractivity contribution is -0.384. The van der Waals surface area contributed by atoms with Crippen LogP contribution in [-0.2, 0) is 11.3 Å². The summed E-state index contributed by atoms with van der Waals surface area (Å²) in [7, 11) is 0. The number of nitrogens with one attached hydrogen (secondary N) is 1. The third-order valence-corrected chi connectivity index (χ3v) is 5.07. The van der Waals surface area contributed by atoms with Gasteiger partial charge in [-0.05, 0) is 24.3 Å². The number of carbonyl (C=O) groups excluding carboxylic acids is 1. The summed E-state index contributed by atoms with van der Waals surface area (Å²) in [6.45, 7) is -0.205. The van der Waals surface area contributed by atoms with Gasteiger partial charge in [0, 0.05) is 27.9 Å². The summed E-state index contributed by atoms with van der Waals surface area (Å²) in [5.41, 5.74) is 6.45. The second-order valence-electron chi connectivity index (χ2n) is 6.09. The summed E-state index contributed by atoms with van der Waals surface area (Å²) in [5.74, 6) is -0.181. The first kappa shape index (κ1) is 19.2. The van der Waals surface area contributed by atoms with Crippen LogP contribution < -0.4 is 11.1 Å². The summed E-state index contributed by atoms with van der Waals surface area (Å²) in [5, 5.41) is 14.5. The lowest BCUT2D eigenvalue weighted by Gasteiger charge is -2.07. The summed E-state index contributed by atoms with van der Waals surface area (Å²) in [6.07, 6.45) is 0. The molecule has 2 heterocycles. The van der Waals surface area contributed by atoms with E-state index in [1.54, 1.807) is 12.1 Å². The number of ether oxygens (including phenoxy) is 1. The van der Waals surface area contributed by atoms with Crippen molar-refractivity contribution in [3.63, 3.8) is 0 Å². The Labute approximate surface area is 173 Å². The number of nitro groups is 1. The van der Waals surface area contributed by atoms with Gasteiger partial charge in [-0.2, -0.15) is 15.0 Å². The van der Waals surface area contributed by atoms with Gasteiger partial charge in [0.15, 0.2) is 12.4 Å². The van der Waals surface area contributed by atoms with Crippen LogP contribution in [0.3, 0.4) is 0 Å². The molecule has 11 heteroatoms. The highest BCUT2D eigenvalue weighted by Crippen LogP contribution is 2.29. The minimum Gasteiger partial charge on any atom is -0.453 e. The molecule has 0 bridgehead atoms. The van der Waals surface area contributed by atoms with E-state index in [0.29, 0.717) is 10.3 Å². The van der Waals surface area contributed by atoms with Crippen molar-refractivity contribution in [2.75, 3.05) is 11.1 Å². The molecule has 0 aliphatic rings. The van der Waals surface area contributed by atoms with Gasteiger partial charge >= 0.3 is 5.97 Å². The standard InChI is InChI=1S/C19H14N6O4S/c20-18-22-16(23-19(24-18)21-12-4-2-1-3-5-12)10-29-17(26)15-9-11-8-13(25(27)28)6-7-14(11)30-15/h1-9H,10H2,(H3,20,21,22,23,24). The largest absolute Gasteiger partial charge is 0.453 e. The van der Waals surface area contributed by atoms with E-state index in [1.165, 1.54) is 23.5 Å².